The Labute approximate surface area is 96.3 Å². The van der Waals surface area contributed by atoms with Gasteiger partial charge in [-0.15, -0.1) is 13.2 Å². The van der Waals surface area contributed by atoms with Crippen molar-refractivity contribution in [1.29, 1.82) is 0 Å². The highest BCUT2D eigenvalue weighted by molar-refractivity contribution is 6.75. The van der Waals surface area contributed by atoms with Gasteiger partial charge in [0.2, 0.25) is 0 Å². The first kappa shape index (κ1) is 14.1. The third-order valence-electron chi connectivity index (χ3n) is 1.89. The molecule has 1 atom stereocenters. The van der Waals surface area contributed by atoms with Crippen LogP contribution in [0.5, 0.6) is 0 Å². The van der Waals surface area contributed by atoms with E-state index < -0.39 is 22.0 Å². The molecule has 17 heavy (non-hydrogen) atoms. The standard InChI is InChI=1S/C9H10F4O3Si/c1-14-17(15-7-10,16-9(11,12)13)8-5-3-2-4-6-8/h2-6H,7H2,1H3. The summed E-state index contributed by atoms with van der Waals surface area (Å²) in [6.07, 6.45) is -4.97. The normalized spacial score (nSPS) is 15.6. The van der Waals surface area contributed by atoms with Crippen LogP contribution in [0.1, 0.15) is 0 Å². The summed E-state index contributed by atoms with van der Waals surface area (Å²) in [4.78, 5) is 0. The van der Waals surface area contributed by atoms with E-state index >= 15 is 0 Å². The van der Waals surface area contributed by atoms with E-state index in [1.807, 2.05) is 0 Å². The fraction of sp³-hybridized carbons (Fsp3) is 0.333. The van der Waals surface area contributed by atoms with Crippen molar-refractivity contribution >= 4 is 14.0 Å². The Morgan fingerprint density at radius 1 is 1.18 bits per heavy atom. The smallest absolute Gasteiger partial charge is 0.373 e. The zero-order chi connectivity index (χ0) is 12.9. The number of hydrogen-bond donors (Lipinski definition) is 0. The second-order valence-corrected chi connectivity index (χ2v) is 5.52. The molecule has 1 aromatic rings. The van der Waals surface area contributed by atoms with Crippen LogP contribution in [0, 0.1) is 0 Å². The molecule has 96 valence electrons. The van der Waals surface area contributed by atoms with Crippen LogP contribution in [0.2, 0.25) is 0 Å². The molecule has 0 fully saturated rings. The predicted octanol–water partition coefficient (Wildman–Crippen LogP) is 1.96. The zero-order valence-corrected chi connectivity index (χ0v) is 9.83. The number of benzene rings is 1. The number of hydrogen-bond acceptors (Lipinski definition) is 3. The molecule has 0 heterocycles. The second-order valence-electron chi connectivity index (χ2n) is 2.93. The van der Waals surface area contributed by atoms with Crippen molar-refractivity contribution in [1.82, 2.24) is 0 Å². The molecule has 1 unspecified atom stereocenters. The zero-order valence-electron chi connectivity index (χ0n) is 8.83. The van der Waals surface area contributed by atoms with Gasteiger partial charge < -0.3 is 8.85 Å². The first-order valence-corrected chi connectivity index (χ1v) is 6.23. The molecule has 0 spiro atoms. The van der Waals surface area contributed by atoms with E-state index in [-0.39, 0.29) is 5.19 Å². The average Bonchev–Trinajstić information content (AvgIpc) is 2.28. The van der Waals surface area contributed by atoms with Crippen LogP contribution < -0.4 is 5.19 Å². The highest BCUT2D eigenvalue weighted by atomic mass is 28.4. The van der Waals surface area contributed by atoms with Gasteiger partial charge in [0.25, 0.3) is 0 Å². The van der Waals surface area contributed by atoms with Crippen molar-refractivity contribution in [3.05, 3.63) is 30.3 Å². The summed E-state index contributed by atoms with van der Waals surface area (Å²) in [6, 6.07) is 7.23. The van der Waals surface area contributed by atoms with Gasteiger partial charge in [-0.25, -0.2) is 4.39 Å². The summed E-state index contributed by atoms with van der Waals surface area (Å²) in [6.45, 7) is -1.43. The lowest BCUT2D eigenvalue weighted by molar-refractivity contribution is -0.295. The molecule has 0 radical (unpaired) electrons. The van der Waals surface area contributed by atoms with Crippen LogP contribution in [0.15, 0.2) is 30.3 Å². The molecule has 3 nitrogen and oxygen atoms in total. The Balaban J connectivity index is 3.09. The van der Waals surface area contributed by atoms with Crippen molar-refractivity contribution in [2.45, 2.75) is 6.36 Å². The SMILES string of the molecule is CO[Si](OCF)(OC(F)(F)F)c1ccccc1. The van der Waals surface area contributed by atoms with Gasteiger partial charge in [-0.05, 0) is 0 Å². The molecule has 0 aliphatic heterocycles. The highest BCUT2D eigenvalue weighted by Gasteiger charge is 2.52. The fourth-order valence-corrected chi connectivity index (χ4v) is 3.09. The van der Waals surface area contributed by atoms with Crippen LogP contribution in [0.3, 0.4) is 0 Å². The third kappa shape index (κ3) is 3.77. The van der Waals surface area contributed by atoms with Crippen molar-refractivity contribution < 1.29 is 30.8 Å². The lowest BCUT2D eigenvalue weighted by atomic mass is 10.4. The van der Waals surface area contributed by atoms with Crippen molar-refractivity contribution in [3.8, 4) is 0 Å². The summed E-state index contributed by atoms with van der Waals surface area (Å²) in [7, 11) is -3.29. The summed E-state index contributed by atoms with van der Waals surface area (Å²) >= 11 is 0. The number of alkyl halides is 4. The molecule has 1 rings (SSSR count). The van der Waals surface area contributed by atoms with Gasteiger partial charge in [0.15, 0.2) is 6.86 Å². The van der Waals surface area contributed by atoms with E-state index in [9.17, 15) is 17.6 Å². The molecule has 0 aliphatic carbocycles. The van der Waals surface area contributed by atoms with E-state index in [0.717, 1.165) is 7.11 Å². The van der Waals surface area contributed by atoms with E-state index in [2.05, 4.69) is 13.3 Å². The number of halogens is 4. The van der Waals surface area contributed by atoms with E-state index in [0.29, 0.717) is 0 Å². The highest BCUT2D eigenvalue weighted by Crippen LogP contribution is 2.24. The first-order valence-electron chi connectivity index (χ1n) is 4.51. The molecule has 0 aromatic heterocycles. The van der Waals surface area contributed by atoms with Gasteiger partial charge in [-0.1, -0.05) is 30.3 Å². The minimum Gasteiger partial charge on any atom is -0.373 e. The van der Waals surface area contributed by atoms with E-state index in [1.54, 1.807) is 6.07 Å². The largest absolute Gasteiger partial charge is 0.545 e. The minimum absolute atomic E-state index is 0.0393. The van der Waals surface area contributed by atoms with Crippen LogP contribution in [0.4, 0.5) is 17.6 Å². The van der Waals surface area contributed by atoms with Crippen molar-refractivity contribution in [2.24, 2.45) is 0 Å². The topological polar surface area (TPSA) is 27.7 Å². The summed E-state index contributed by atoms with van der Waals surface area (Å²) < 4.78 is 62.0. The van der Waals surface area contributed by atoms with Crippen molar-refractivity contribution in [2.75, 3.05) is 14.0 Å². The second kappa shape index (κ2) is 5.58. The maximum Gasteiger partial charge on any atom is 0.545 e. The van der Waals surface area contributed by atoms with E-state index in [4.69, 9.17) is 0 Å². The van der Waals surface area contributed by atoms with Gasteiger partial charge in [-0.2, -0.15) is 0 Å². The van der Waals surface area contributed by atoms with Crippen LogP contribution in [0.25, 0.3) is 0 Å². The van der Waals surface area contributed by atoms with Crippen LogP contribution >= 0.6 is 0 Å². The Hall–Kier alpha value is -0.963. The first-order chi connectivity index (χ1) is 7.93. The predicted molar refractivity (Wildman–Crippen MR) is 53.0 cm³/mol. The molecule has 0 saturated heterocycles. The molecule has 1 aromatic carbocycles. The summed E-state index contributed by atoms with van der Waals surface area (Å²) in [5, 5.41) is 0.0393. The van der Waals surface area contributed by atoms with E-state index in [1.165, 1.54) is 24.3 Å². The van der Waals surface area contributed by atoms with Crippen molar-refractivity contribution in [3.63, 3.8) is 0 Å². The molecule has 0 bridgehead atoms. The maximum absolute atomic E-state index is 12.3. The third-order valence-corrected chi connectivity index (χ3v) is 4.46. The lowest BCUT2D eigenvalue weighted by Crippen LogP contribution is -2.58. The fourth-order valence-electron chi connectivity index (χ4n) is 1.26. The molecule has 0 amide bonds. The maximum atomic E-state index is 12.3. The van der Waals surface area contributed by atoms with Crippen LogP contribution in [-0.4, -0.2) is 29.1 Å². The van der Waals surface area contributed by atoms with Gasteiger partial charge in [0.05, 0.1) is 0 Å². The summed E-state index contributed by atoms with van der Waals surface area (Å²) in [5.74, 6) is 0. The Morgan fingerprint density at radius 3 is 2.18 bits per heavy atom. The quantitative estimate of drug-likeness (QED) is 0.604. The van der Waals surface area contributed by atoms with Crippen LogP contribution in [-0.2, 0) is 13.3 Å². The molecular formula is C9H10F4O3Si. The molecule has 0 aliphatic rings. The Bertz CT molecular complexity index is 346. The lowest BCUT2D eigenvalue weighted by Gasteiger charge is -2.27. The van der Waals surface area contributed by atoms with Gasteiger partial charge in [-0.3, -0.25) is 4.43 Å². The van der Waals surface area contributed by atoms with Gasteiger partial charge >= 0.3 is 15.2 Å². The molecule has 8 heteroatoms. The number of rotatable bonds is 5. The Morgan fingerprint density at radius 2 is 1.76 bits per heavy atom. The van der Waals surface area contributed by atoms with Gasteiger partial charge in [0, 0.05) is 12.3 Å². The van der Waals surface area contributed by atoms with Gasteiger partial charge in [0.1, 0.15) is 0 Å². The average molecular weight is 270 g/mol. The summed E-state index contributed by atoms with van der Waals surface area (Å²) in [5.41, 5.74) is 0. The molecule has 0 N–H and O–H groups in total. The minimum atomic E-state index is -4.97. The Kier molecular flexibility index (Phi) is 4.63. The molecule has 0 saturated carbocycles. The monoisotopic (exact) mass is 270 g/mol. The molecular weight excluding hydrogens is 260 g/mol.